The van der Waals surface area contributed by atoms with Crippen molar-refractivity contribution in [1.29, 1.82) is 5.26 Å². The van der Waals surface area contributed by atoms with E-state index in [4.69, 9.17) is 20.5 Å². The molecule has 2 aromatic heterocycles. The van der Waals surface area contributed by atoms with Gasteiger partial charge in [0.25, 0.3) is 0 Å². The molecular weight excluding hydrogens is 359 g/mol. The predicted octanol–water partition coefficient (Wildman–Crippen LogP) is 3.42. The summed E-state index contributed by atoms with van der Waals surface area (Å²) in [5.74, 6) is 0.0783. The molecule has 1 aliphatic carbocycles. The van der Waals surface area contributed by atoms with Crippen LogP contribution in [-0.4, -0.2) is 34.3 Å². The molecule has 2 N–H and O–H groups in total. The molecule has 0 amide bonds. The Hall–Kier alpha value is -2.30. The highest BCUT2D eigenvalue weighted by Crippen LogP contribution is 2.45. The first-order chi connectivity index (χ1) is 13.5. The van der Waals surface area contributed by atoms with Crippen molar-refractivity contribution in [2.75, 3.05) is 13.2 Å². The van der Waals surface area contributed by atoms with Gasteiger partial charge in [-0.1, -0.05) is 0 Å². The molecule has 4 heterocycles. The summed E-state index contributed by atoms with van der Waals surface area (Å²) in [6, 6.07) is 5.61. The lowest BCUT2D eigenvalue weighted by Gasteiger charge is -2.51. The molecule has 0 atom stereocenters. The minimum Gasteiger partial charge on any atom is -0.478 e. The van der Waals surface area contributed by atoms with Gasteiger partial charge in [0.05, 0.1) is 42.1 Å². The van der Waals surface area contributed by atoms with Crippen LogP contribution in [0.15, 0.2) is 18.3 Å². The van der Waals surface area contributed by atoms with Crippen LogP contribution in [-0.2, 0) is 11.2 Å². The summed E-state index contributed by atoms with van der Waals surface area (Å²) >= 11 is 0. The van der Waals surface area contributed by atoms with Crippen LogP contribution in [0.3, 0.4) is 0 Å². The van der Waals surface area contributed by atoms with Gasteiger partial charge in [-0.2, -0.15) is 5.26 Å². The van der Waals surface area contributed by atoms with E-state index < -0.39 is 0 Å². The second kappa shape index (κ2) is 7.61. The molecule has 2 saturated heterocycles. The zero-order chi connectivity index (χ0) is 19.6. The fourth-order valence-corrected chi connectivity index (χ4v) is 4.19. The van der Waals surface area contributed by atoms with Crippen LogP contribution >= 0.6 is 0 Å². The highest BCUT2D eigenvalue weighted by Gasteiger charge is 2.47. The molecule has 1 saturated carbocycles. The maximum Gasteiger partial charge on any atom is 0.213 e. The van der Waals surface area contributed by atoms with E-state index >= 15 is 0 Å². The van der Waals surface area contributed by atoms with Gasteiger partial charge in [-0.05, 0) is 51.0 Å². The summed E-state index contributed by atoms with van der Waals surface area (Å²) in [5, 5.41) is 8.61. The monoisotopic (exact) mass is 384 g/mol. The molecule has 0 spiro atoms. The number of fused-ring (bicyclic) bond motifs is 4. The topological polar surface area (TPSA) is 94.0 Å². The molecule has 2 bridgehead atoms. The average molecular weight is 384 g/mol. The van der Waals surface area contributed by atoms with Crippen molar-refractivity contribution < 1.29 is 13.9 Å². The minimum absolute atomic E-state index is 0.171. The fraction of sp³-hybridized carbons (Fsp3) is 0.571. The van der Waals surface area contributed by atoms with Crippen LogP contribution in [0.2, 0.25) is 0 Å². The van der Waals surface area contributed by atoms with Gasteiger partial charge in [-0.25, -0.2) is 9.37 Å². The number of halogens is 1. The van der Waals surface area contributed by atoms with E-state index in [0.29, 0.717) is 55.0 Å². The van der Waals surface area contributed by atoms with Gasteiger partial charge in [0.2, 0.25) is 5.88 Å². The lowest BCUT2D eigenvalue weighted by atomic mass is 9.70. The van der Waals surface area contributed by atoms with Gasteiger partial charge in [-0.3, -0.25) is 4.98 Å². The minimum atomic E-state index is -0.349. The van der Waals surface area contributed by atoms with Gasteiger partial charge < -0.3 is 15.2 Å². The van der Waals surface area contributed by atoms with Crippen molar-refractivity contribution in [2.24, 2.45) is 5.73 Å². The molecule has 3 aliphatic rings. The molecule has 5 rings (SSSR count). The smallest absolute Gasteiger partial charge is 0.213 e. The third-order valence-electron chi connectivity index (χ3n) is 6.08. The van der Waals surface area contributed by atoms with Gasteiger partial charge in [-0.15, -0.1) is 0 Å². The summed E-state index contributed by atoms with van der Waals surface area (Å²) in [5.41, 5.74) is 7.67. The number of nitriles is 1. The molecule has 6 nitrogen and oxygen atoms in total. The predicted molar refractivity (Wildman–Crippen MR) is 102 cm³/mol. The molecule has 148 valence electrons. The Morgan fingerprint density at radius 2 is 2.11 bits per heavy atom. The number of rotatable bonds is 7. The largest absolute Gasteiger partial charge is 0.478 e. The van der Waals surface area contributed by atoms with Crippen molar-refractivity contribution in [3.05, 3.63) is 29.7 Å². The van der Waals surface area contributed by atoms with Gasteiger partial charge in [0.15, 0.2) is 0 Å². The summed E-state index contributed by atoms with van der Waals surface area (Å²) in [4.78, 5) is 8.66. The quantitative estimate of drug-likeness (QED) is 0.735. The molecule has 2 aliphatic heterocycles. The second-order valence-corrected chi connectivity index (χ2v) is 8.05. The first kappa shape index (κ1) is 19.0. The lowest BCUT2D eigenvalue weighted by Crippen LogP contribution is -2.59. The van der Waals surface area contributed by atoms with Crippen LogP contribution in [0.4, 0.5) is 4.39 Å². The first-order valence-corrected chi connectivity index (χ1v) is 9.89. The standard InChI is InChI=1S/C21H25FN4O2/c22-16-13-25-17-3-4-18(27-12-2-1-11-23)26-19(17)15(16)5-6-21-9-7-20(24,8-10-21)14-28-21/h3-4,13H,1-2,5-10,12,14,24H2. The fourth-order valence-electron chi connectivity index (χ4n) is 4.19. The number of ether oxygens (including phenoxy) is 2. The molecule has 7 heteroatoms. The Labute approximate surface area is 163 Å². The number of pyridine rings is 2. The van der Waals surface area contributed by atoms with E-state index in [0.717, 1.165) is 32.1 Å². The Kier molecular flexibility index (Phi) is 5.17. The molecular formula is C21H25FN4O2. The number of nitrogens with two attached hydrogens (primary N) is 1. The SMILES string of the molecule is N#CCCCOc1ccc2ncc(F)c(CCC34CCC(N)(CC3)CO4)c2n1. The molecule has 0 unspecified atom stereocenters. The van der Waals surface area contributed by atoms with Crippen molar-refractivity contribution in [2.45, 2.75) is 62.5 Å². The highest BCUT2D eigenvalue weighted by molar-refractivity contribution is 5.78. The highest BCUT2D eigenvalue weighted by atomic mass is 19.1. The van der Waals surface area contributed by atoms with Crippen LogP contribution < -0.4 is 10.5 Å². The zero-order valence-corrected chi connectivity index (χ0v) is 15.9. The number of aromatic nitrogens is 2. The number of hydrogen-bond donors (Lipinski definition) is 1. The summed E-state index contributed by atoms with van der Waals surface area (Å²) in [6.07, 6.45) is 7.38. The van der Waals surface area contributed by atoms with Gasteiger partial charge in [0.1, 0.15) is 5.82 Å². The van der Waals surface area contributed by atoms with E-state index in [1.807, 2.05) is 0 Å². The molecule has 2 aromatic rings. The zero-order valence-electron chi connectivity index (χ0n) is 15.9. The number of unbranched alkanes of at least 4 members (excludes halogenated alkanes) is 1. The average Bonchev–Trinajstić information content (AvgIpc) is 2.72. The lowest BCUT2D eigenvalue weighted by molar-refractivity contribution is -0.156. The number of nitrogens with zero attached hydrogens (tertiary/aromatic N) is 3. The van der Waals surface area contributed by atoms with Crippen molar-refractivity contribution in [3.63, 3.8) is 0 Å². The van der Waals surface area contributed by atoms with Crippen molar-refractivity contribution in [1.82, 2.24) is 9.97 Å². The molecule has 0 radical (unpaired) electrons. The third kappa shape index (κ3) is 3.80. The maximum absolute atomic E-state index is 14.6. The van der Waals surface area contributed by atoms with Crippen LogP contribution in [0.25, 0.3) is 11.0 Å². The summed E-state index contributed by atoms with van der Waals surface area (Å²) in [7, 11) is 0. The normalized spacial score (nSPS) is 26.3. The molecule has 3 fully saturated rings. The van der Waals surface area contributed by atoms with Crippen molar-refractivity contribution in [3.8, 4) is 11.9 Å². The van der Waals surface area contributed by atoms with E-state index in [2.05, 4.69) is 16.0 Å². The van der Waals surface area contributed by atoms with E-state index in [-0.39, 0.29) is 17.0 Å². The number of hydrogen-bond acceptors (Lipinski definition) is 6. The van der Waals surface area contributed by atoms with Gasteiger partial charge >= 0.3 is 0 Å². The molecule has 28 heavy (non-hydrogen) atoms. The van der Waals surface area contributed by atoms with E-state index in [1.165, 1.54) is 6.20 Å². The Balaban J connectivity index is 1.52. The Bertz CT molecular complexity index is 887. The summed E-state index contributed by atoms with van der Waals surface area (Å²) < 4.78 is 26.3. The first-order valence-electron chi connectivity index (χ1n) is 9.89. The third-order valence-corrected chi connectivity index (χ3v) is 6.08. The van der Waals surface area contributed by atoms with Gasteiger partial charge in [0, 0.05) is 23.6 Å². The van der Waals surface area contributed by atoms with Crippen LogP contribution in [0, 0.1) is 17.1 Å². The second-order valence-electron chi connectivity index (χ2n) is 8.05. The number of aryl methyl sites for hydroxylation is 1. The Morgan fingerprint density at radius 3 is 2.82 bits per heavy atom. The van der Waals surface area contributed by atoms with E-state index in [1.54, 1.807) is 12.1 Å². The maximum atomic E-state index is 14.6. The Morgan fingerprint density at radius 1 is 1.29 bits per heavy atom. The van der Waals surface area contributed by atoms with Crippen LogP contribution in [0.1, 0.15) is 50.5 Å². The van der Waals surface area contributed by atoms with E-state index in [9.17, 15) is 4.39 Å². The van der Waals surface area contributed by atoms with Crippen molar-refractivity contribution >= 4 is 11.0 Å². The van der Waals surface area contributed by atoms with Crippen LogP contribution in [0.5, 0.6) is 5.88 Å². The molecule has 0 aromatic carbocycles. The summed E-state index contributed by atoms with van der Waals surface area (Å²) in [6.45, 7) is 0.993.